The Morgan fingerprint density at radius 1 is 1.02 bits per heavy atom. The van der Waals surface area contributed by atoms with Crippen LogP contribution in [0.2, 0.25) is 5.02 Å². The van der Waals surface area contributed by atoms with Gasteiger partial charge in [0.1, 0.15) is 11.4 Å². The largest absolute Gasteiger partial charge is 0.454 e. The van der Waals surface area contributed by atoms with Crippen molar-refractivity contribution in [2.75, 3.05) is 6.79 Å². The Kier molecular flexibility index (Phi) is 7.69. The summed E-state index contributed by atoms with van der Waals surface area (Å²) >= 11 is 12.2. The van der Waals surface area contributed by atoms with Gasteiger partial charge in [0.05, 0.1) is 11.8 Å². The van der Waals surface area contributed by atoms with Gasteiger partial charge < -0.3 is 19.2 Å². The van der Waals surface area contributed by atoms with E-state index in [1.165, 1.54) is 6.21 Å². The van der Waals surface area contributed by atoms with Gasteiger partial charge in [-0.1, -0.05) is 45.7 Å². The number of nitrogens with zero attached hydrogens (tertiary/aromatic N) is 1. The maximum atomic E-state index is 13.4. The maximum Gasteiger partial charge on any atom is 0.343 e. The molecule has 1 aliphatic heterocycles. The minimum absolute atomic E-state index is 0.102. The van der Waals surface area contributed by atoms with E-state index < -0.39 is 11.9 Å². The van der Waals surface area contributed by atoms with Crippen molar-refractivity contribution in [2.24, 2.45) is 5.10 Å². The van der Waals surface area contributed by atoms with Crippen molar-refractivity contribution in [2.45, 2.75) is 0 Å². The Balaban J connectivity index is 1.26. The number of carbonyl (C=O) groups is 2. The molecule has 6 rings (SSSR count). The van der Waals surface area contributed by atoms with Crippen molar-refractivity contribution < 1.29 is 23.8 Å². The number of ether oxygens (including phenoxy) is 3. The van der Waals surface area contributed by atoms with Crippen molar-refractivity contribution in [3.8, 4) is 28.4 Å². The van der Waals surface area contributed by atoms with Crippen LogP contribution in [-0.4, -0.2) is 29.9 Å². The molecule has 1 aliphatic rings. The molecule has 8 nitrogen and oxygen atoms in total. The molecule has 0 spiro atoms. The minimum Gasteiger partial charge on any atom is -0.454 e. The SMILES string of the molecule is O=C(Oc1ccc(Br)cc1C=NNC(=O)c1[nH]c2ccc(I)cc2c1-c1ccccc1Cl)c1ccc2c(c1)OCO2. The molecule has 11 heteroatoms. The molecule has 0 radical (unpaired) electrons. The van der Waals surface area contributed by atoms with E-state index in [1.807, 2.05) is 36.4 Å². The number of benzene rings is 4. The quantitative estimate of drug-likeness (QED) is 0.0615. The lowest BCUT2D eigenvalue weighted by molar-refractivity contribution is 0.0733. The van der Waals surface area contributed by atoms with E-state index in [2.05, 4.69) is 54.0 Å². The number of H-pyrrole nitrogens is 1. The number of esters is 1. The van der Waals surface area contributed by atoms with Crippen LogP contribution in [-0.2, 0) is 0 Å². The summed E-state index contributed by atoms with van der Waals surface area (Å²) in [4.78, 5) is 29.5. The number of hydrogen-bond acceptors (Lipinski definition) is 6. The Morgan fingerprint density at radius 3 is 2.71 bits per heavy atom. The number of hydrazone groups is 1. The highest BCUT2D eigenvalue weighted by atomic mass is 127. The van der Waals surface area contributed by atoms with E-state index in [1.54, 1.807) is 42.5 Å². The monoisotopic (exact) mass is 741 g/mol. The normalized spacial score (nSPS) is 12.2. The number of aromatic amines is 1. The van der Waals surface area contributed by atoms with Crippen molar-refractivity contribution in [3.05, 3.63) is 109 Å². The summed E-state index contributed by atoms with van der Waals surface area (Å²) < 4.78 is 18.1. The fourth-order valence-corrected chi connectivity index (χ4v) is 5.49. The molecule has 2 heterocycles. The molecule has 2 N–H and O–H groups in total. The molecule has 0 saturated heterocycles. The minimum atomic E-state index is -0.582. The topological polar surface area (TPSA) is 102 Å². The van der Waals surface area contributed by atoms with Gasteiger partial charge in [0.15, 0.2) is 11.5 Å². The molecular weight excluding hydrogens is 725 g/mol. The Morgan fingerprint density at radius 2 is 1.85 bits per heavy atom. The lowest BCUT2D eigenvalue weighted by Gasteiger charge is -2.09. The zero-order chi connectivity index (χ0) is 28.5. The zero-order valence-corrected chi connectivity index (χ0v) is 25.4. The van der Waals surface area contributed by atoms with Gasteiger partial charge in [-0.3, -0.25) is 4.79 Å². The van der Waals surface area contributed by atoms with Crippen LogP contribution >= 0.6 is 50.1 Å². The van der Waals surface area contributed by atoms with Gasteiger partial charge in [0.25, 0.3) is 5.91 Å². The van der Waals surface area contributed by atoms with E-state index in [0.29, 0.717) is 38.9 Å². The standard InChI is InChI=1S/C30H18BrClIN3O5/c31-18-6-10-24(41-30(38)16-5-9-25-26(12-16)40-15-39-25)17(11-18)14-34-36-29(37)28-27(20-3-1-2-4-22(20)32)21-13-19(33)7-8-23(21)35-28/h1-14,35H,15H2,(H,36,37). The lowest BCUT2D eigenvalue weighted by atomic mass is 10.0. The number of carbonyl (C=O) groups excluding carboxylic acids is 2. The smallest absolute Gasteiger partial charge is 0.343 e. The molecule has 0 saturated carbocycles. The van der Waals surface area contributed by atoms with E-state index in [9.17, 15) is 9.59 Å². The Bertz CT molecular complexity index is 1870. The van der Waals surface area contributed by atoms with E-state index in [-0.39, 0.29) is 12.5 Å². The molecule has 204 valence electrons. The number of halogens is 3. The second kappa shape index (κ2) is 11.6. The fourth-order valence-electron chi connectivity index (χ4n) is 4.39. The van der Waals surface area contributed by atoms with Gasteiger partial charge in [-0.2, -0.15) is 5.10 Å². The van der Waals surface area contributed by atoms with Gasteiger partial charge in [-0.25, -0.2) is 10.2 Å². The molecule has 1 aromatic heterocycles. The molecule has 4 aromatic carbocycles. The van der Waals surface area contributed by atoms with Gasteiger partial charge in [0.2, 0.25) is 6.79 Å². The molecule has 5 aromatic rings. The lowest BCUT2D eigenvalue weighted by Crippen LogP contribution is -2.19. The number of fused-ring (bicyclic) bond motifs is 2. The van der Waals surface area contributed by atoms with Crippen LogP contribution in [0.1, 0.15) is 26.4 Å². The van der Waals surface area contributed by atoms with Gasteiger partial charge >= 0.3 is 5.97 Å². The van der Waals surface area contributed by atoms with E-state index in [4.69, 9.17) is 25.8 Å². The van der Waals surface area contributed by atoms with Gasteiger partial charge in [-0.15, -0.1) is 0 Å². The van der Waals surface area contributed by atoms with Crippen LogP contribution in [0.3, 0.4) is 0 Å². The van der Waals surface area contributed by atoms with Gasteiger partial charge in [0, 0.05) is 40.7 Å². The van der Waals surface area contributed by atoms with Crippen molar-refractivity contribution in [3.63, 3.8) is 0 Å². The first-order valence-corrected chi connectivity index (χ1v) is 14.4. The highest BCUT2D eigenvalue weighted by Crippen LogP contribution is 2.37. The van der Waals surface area contributed by atoms with Crippen LogP contribution in [0.25, 0.3) is 22.0 Å². The van der Waals surface area contributed by atoms with Crippen molar-refractivity contribution in [1.29, 1.82) is 0 Å². The first kappa shape index (κ1) is 27.3. The predicted molar refractivity (Wildman–Crippen MR) is 168 cm³/mol. The number of aromatic nitrogens is 1. The molecule has 0 aliphatic carbocycles. The highest BCUT2D eigenvalue weighted by Gasteiger charge is 2.21. The molecular formula is C30H18BrClIN3O5. The first-order valence-electron chi connectivity index (χ1n) is 12.2. The van der Waals surface area contributed by atoms with Crippen LogP contribution in [0, 0.1) is 3.57 Å². The summed E-state index contributed by atoms with van der Waals surface area (Å²) in [7, 11) is 0. The third-order valence-electron chi connectivity index (χ3n) is 6.28. The van der Waals surface area contributed by atoms with Crippen LogP contribution in [0.4, 0.5) is 0 Å². The predicted octanol–water partition coefficient (Wildman–Crippen LogP) is 7.57. The fraction of sp³-hybridized carbons (Fsp3) is 0.0333. The molecule has 0 unspecified atom stereocenters. The molecule has 1 amide bonds. The summed E-state index contributed by atoms with van der Waals surface area (Å²) in [5.74, 6) is 0.252. The second-order valence-corrected chi connectivity index (χ2v) is 11.5. The number of nitrogens with one attached hydrogen (secondary N) is 2. The average molecular weight is 743 g/mol. The van der Waals surface area contributed by atoms with E-state index in [0.717, 1.165) is 24.5 Å². The second-order valence-electron chi connectivity index (χ2n) is 8.88. The summed E-state index contributed by atoms with van der Waals surface area (Å²) in [5.41, 5.74) is 5.85. The molecule has 0 bridgehead atoms. The zero-order valence-electron chi connectivity index (χ0n) is 20.9. The van der Waals surface area contributed by atoms with Crippen LogP contribution in [0.15, 0.2) is 88.4 Å². The van der Waals surface area contributed by atoms with Crippen LogP contribution < -0.4 is 19.6 Å². The molecule has 0 fully saturated rings. The number of amides is 1. The third kappa shape index (κ3) is 5.67. The highest BCUT2D eigenvalue weighted by molar-refractivity contribution is 14.1. The molecule has 41 heavy (non-hydrogen) atoms. The summed E-state index contributed by atoms with van der Waals surface area (Å²) in [5, 5.41) is 5.55. The third-order valence-corrected chi connectivity index (χ3v) is 7.78. The number of rotatable bonds is 6. The van der Waals surface area contributed by atoms with E-state index >= 15 is 0 Å². The van der Waals surface area contributed by atoms with Crippen molar-refractivity contribution >= 4 is 79.1 Å². The summed E-state index contributed by atoms with van der Waals surface area (Å²) in [6.07, 6.45) is 1.41. The summed E-state index contributed by atoms with van der Waals surface area (Å²) in [6, 6.07) is 23.1. The number of hydrogen-bond donors (Lipinski definition) is 2. The van der Waals surface area contributed by atoms with Crippen molar-refractivity contribution in [1.82, 2.24) is 10.4 Å². The Labute approximate surface area is 260 Å². The molecule has 0 atom stereocenters. The summed E-state index contributed by atoms with van der Waals surface area (Å²) in [6.45, 7) is 0.102. The first-order chi connectivity index (χ1) is 19.9. The maximum absolute atomic E-state index is 13.4. The Hall–Kier alpha value is -3.87. The van der Waals surface area contributed by atoms with Gasteiger partial charge in [-0.05, 0) is 83.3 Å². The average Bonchev–Trinajstić information content (AvgIpc) is 3.59. The van der Waals surface area contributed by atoms with Crippen LogP contribution in [0.5, 0.6) is 17.2 Å².